The van der Waals surface area contributed by atoms with E-state index >= 15 is 0 Å². The summed E-state index contributed by atoms with van der Waals surface area (Å²) in [5.74, 6) is -0.0316. The molecule has 2 bridgehead atoms. The minimum atomic E-state index is -3.88. The van der Waals surface area contributed by atoms with Crippen molar-refractivity contribution in [2.75, 3.05) is 9.44 Å². The van der Waals surface area contributed by atoms with Gasteiger partial charge in [0.25, 0.3) is 20.0 Å². The number of aryl methyl sites for hydroxylation is 2. The van der Waals surface area contributed by atoms with E-state index in [9.17, 15) is 16.8 Å². The molecule has 0 fully saturated rings. The molecule has 194 valence electrons. The summed E-state index contributed by atoms with van der Waals surface area (Å²) in [6, 6.07) is 20.9. The van der Waals surface area contributed by atoms with Crippen LogP contribution in [0.5, 0.6) is 0 Å². The summed E-state index contributed by atoms with van der Waals surface area (Å²) >= 11 is 0. The van der Waals surface area contributed by atoms with Crippen molar-refractivity contribution in [2.45, 2.75) is 48.3 Å². The molecule has 0 spiro atoms. The topological polar surface area (TPSA) is 92.3 Å². The van der Waals surface area contributed by atoms with Crippen LogP contribution in [0, 0.1) is 13.8 Å². The highest BCUT2D eigenvalue weighted by Crippen LogP contribution is 2.54. The molecule has 0 heterocycles. The van der Waals surface area contributed by atoms with E-state index in [0.717, 1.165) is 35.1 Å². The van der Waals surface area contributed by atoms with E-state index in [1.807, 2.05) is 38.1 Å². The van der Waals surface area contributed by atoms with Crippen LogP contribution in [0.4, 0.5) is 11.4 Å². The third kappa shape index (κ3) is 4.18. The van der Waals surface area contributed by atoms with Crippen LogP contribution in [-0.4, -0.2) is 16.8 Å². The molecule has 4 aromatic rings. The summed E-state index contributed by atoms with van der Waals surface area (Å²) in [7, 11) is -7.76. The minimum Gasteiger partial charge on any atom is -0.279 e. The number of fused-ring (bicyclic) bond motifs is 2. The molecule has 0 saturated heterocycles. The highest BCUT2D eigenvalue weighted by Gasteiger charge is 2.37. The van der Waals surface area contributed by atoms with Crippen molar-refractivity contribution in [2.24, 2.45) is 0 Å². The fourth-order valence-corrected chi connectivity index (χ4v) is 7.79. The molecular weight excluding hydrogens is 516 g/mol. The first-order valence-electron chi connectivity index (χ1n) is 12.6. The number of anilines is 2. The SMILES string of the molecule is Cc1ccc(S(=O)(=O)Nc2c3c(c(NS(=O)(=O)c4ccc(C)cc4)c4ccccc24)C2C=CC3CC2)cc1. The Morgan fingerprint density at radius 3 is 1.29 bits per heavy atom. The molecule has 0 aromatic heterocycles. The first kappa shape index (κ1) is 24.7. The second-order valence-corrected chi connectivity index (χ2v) is 13.5. The predicted octanol–water partition coefficient (Wildman–Crippen LogP) is 6.59. The maximum atomic E-state index is 13.5. The van der Waals surface area contributed by atoms with E-state index < -0.39 is 20.0 Å². The highest BCUT2D eigenvalue weighted by atomic mass is 32.2. The molecule has 0 saturated carbocycles. The zero-order valence-electron chi connectivity index (χ0n) is 21.1. The summed E-state index contributed by atoms with van der Waals surface area (Å²) in [4.78, 5) is 0.364. The average molecular weight is 545 g/mol. The Labute approximate surface area is 223 Å². The van der Waals surface area contributed by atoms with Gasteiger partial charge in [-0.1, -0.05) is 71.8 Å². The largest absolute Gasteiger partial charge is 0.279 e. The Hall–Kier alpha value is -3.62. The summed E-state index contributed by atoms with van der Waals surface area (Å²) in [5.41, 5.74) is 4.68. The lowest BCUT2D eigenvalue weighted by Crippen LogP contribution is -2.25. The van der Waals surface area contributed by atoms with Gasteiger partial charge in [0.05, 0.1) is 21.2 Å². The molecule has 8 heteroatoms. The summed E-state index contributed by atoms with van der Waals surface area (Å²) in [6.07, 6.45) is 5.98. The Morgan fingerprint density at radius 2 is 0.947 bits per heavy atom. The zero-order chi connectivity index (χ0) is 26.7. The Kier molecular flexibility index (Phi) is 5.85. The standard InChI is InChI=1S/C30H28N2O4S2/c1-19-7-15-23(16-8-19)37(33,34)31-29-25-5-3-4-6-26(25)30(28-22-13-11-21(12-14-22)27(28)29)32-38(35,36)24-17-9-20(2)10-18-24/h3-11,13,15-18,21-22,31-32H,12,14H2,1-2H3. The maximum absolute atomic E-state index is 13.5. The van der Waals surface area contributed by atoms with Gasteiger partial charge < -0.3 is 0 Å². The van der Waals surface area contributed by atoms with Crippen molar-refractivity contribution in [1.82, 2.24) is 0 Å². The molecular formula is C30H28N2O4S2. The van der Waals surface area contributed by atoms with Crippen LogP contribution in [0.2, 0.25) is 0 Å². The summed E-state index contributed by atoms with van der Waals surface area (Å²) < 4.78 is 59.9. The van der Waals surface area contributed by atoms with E-state index in [4.69, 9.17) is 0 Å². The van der Waals surface area contributed by atoms with E-state index in [1.165, 1.54) is 0 Å². The fraction of sp³-hybridized carbons (Fsp3) is 0.200. The second-order valence-electron chi connectivity index (χ2n) is 10.1. The minimum absolute atomic E-state index is 0.0158. The number of rotatable bonds is 6. The van der Waals surface area contributed by atoms with Crippen LogP contribution in [0.15, 0.2) is 94.7 Å². The van der Waals surface area contributed by atoms with Crippen molar-refractivity contribution in [3.05, 3.63) is 107 Å². The lowest BCUT2D eigenvalue weighted by atomic mass is 9.69. The number of benzene rings is 4. The lowest BCUT2D eigenvalue weighted by molar-refractivity contribution is 0.556. The van der Waals surface area contributed by atoms with E-state index in [2.05, 4.69) is 21.6 Å². The maximum Gasteiger partial charge on any atom is 0.261 e. The first-order valence-corrected chi connectivity index (χ1v) is 15.6. The Balaban J connectivity index is 1.56. The molecule has 7 rings (SSSR count). The third-order valence-corrected chi connectivity index (χ3v) is 10.3. The van der Waals surface area contributed by atoms with Crippen molar-refractivity contribution in [3.8, 4) is 0 Å². The van der Waals surface area contributed by atoms with Crippen LogP contribution >= 0.6 is 0 Å². The van der Waals surface area contributed by atoms with Crippen molar-refractivity contribution in [1.29, 1.82) is 0 Å². The van der Waals surface area contributed by atoms with Gasteiger partial charge in [-0.15, -0.1) is 0 Å². The van der Waals surface area contributed by atoms with Crippen LogP contribution in [0.1, 0.15) is 46.9 Å². The van der Waals surface area contributed by atoms with Gasteiger partial charge in [0.15, 0.2) is 0 Å². The van der Waals surface area contributed by atoms with Crippen molar-refractivity contribution in [3.63, 3.8) is 0 Å². The first-order chi connectivity index (χ1) is 18.1. The van der Waals surface area contributed by atoms with Gasteiger partial charge in [0.1, 0.15) is 0 Å². The van der Waals surface area contributed by atoms with Crippen LogP contribution in [0.25, 0.3) is 10.8 Å². The van der Waals surface area contributed by atoms with Gasteiger partial charge >= 0.3 is 0 Å². The Bertz CT molecular complexity index is 1680. The molecule has 38 heavy (non-hydrogen) atoms. The van der Waals surface area contributed by atoms with Crippen molar-refractivity contribution >= 4 is 42.2 Å². The number of hydrogen-bond donors (Lipinski definition) is 2. The van der Waals surface area contributed by atoms with E-state index in [1.54, 1.807) is 48.5 Å². The fourth-order valence-electron chi connectivity index (χ4n) is 5.59. The van der Waals surface area contributed by atoms with Gasteiger partial charge in [-0.3, -0.25) is 9.44 Å². The van der Waals surface area contributed by atoms with Gasteiger partial charge in [0.2, 0.25) is 0 Å². The van der Waals surface area contributed by atoms with Gasteiger partial charge in [-0.25, -0.2) is 16.8 Å². The molecule has 0 radical (unpaired) electrons. The van der Waals surface area contributed by atoms with Crippen LogP contribution in [0.3, 0.4) is 0 Å². The Morgan fingerprint density at radius 1 is 0.579 bits per heavy atom. The molecule has 4 aromatic carbocycles. The smallest absolute Gasteiger partial charge is 0.261 e. The molecule has 0 aliphatic heterocycles. The molecule has 2 N–H and O–H groups in total. The highest BCUT2D eigenvalue weighted by molar-refractivity contribution is 7.93. The third-order valence-electron chi connectivity index (χ3n) is 7.54. The zero-order valence-corrected chi connectivity index (χ0v) is 22.7. The molecule has 2 unspecified atom stereocenters. The number of sulfonamides is 2. The number of nitrogens with one attached hydrogen (secondary N) is 2. The normalized spacial score (nSPS) is 18.4. The second kappa shape index (κ2) is 8.99. The lowest BCUT2D eigenvalue weighted by Gasteiger charge is -2.37. The van der Waals surface area contributed by atoms with Gasteiger partial charge in [-0.05, 0) is 62.1 Å². The van der Waals surface area contributed by atoms with Crippen LogP contribution in [-0.2, 0) is 20.0 Å². The van der Waals surface area contributed by atoms with E-state index in [0.29, 0.717) is 22.1 Å². The number of allylic oxidation sites excluding steroid dienone is 2. The molecule has 6 nitrogen and oxygen atoms in total. The summed E-state index contributed by atoms with van der Waals surface area (Å²) in [5, 5.41) is 1.31. The van der Waals surface area contributed by atoms with Crippen molar-refractivity contribution < 1.29 is 16.8 Å². The quantitative estimate of drug-likeness (QED) is 0.268. The molecule has 2 atom stereocenters. The molecule has 3 aliphatic rings. The monoisotopic (exact) mass is 544 g/mol. The van der Waals surface area contributed by atoms with Crippen LogP contribution < -0.4 is 9.44 Å². The number of hydrogen-bond acceptors (Lipinski definition) is 4. The predicted molar refractivity (Wildman–Crippen MR) is 152 cm³/mol. The van der Waals surface area contributed by atoms with E-state index in [-0.39, 0.29) is 21.6 Å². The van der Waals surface area contributed by atoms with Gasteiger partial charge in [-0.2, -0.15) is 0 Å². The molecule has 3 aliphatic carbocycles. The average Bonchev–Trinajstić information content (AvgIpc) is 2.91. The molecule has 0 amide bonds. The van der Waals surface area contributed by atoms with Gasteiger partial charge in [0, 0.05) is 22.6 Å². The summed E-state index contributed by atoms with van der Waals surface area (Å²) in [6.45, 7) is 3.82.